The third-order valence-electron chi connectivity index (χ3n) is 5.15. The average molecular weight is 445 g/mol. The lowest BCUT2D eigenvalue weighted by atomic mass is 9.98. The van der Waals surface area contributed by atoms with Gasteiger partial charge in [-0.2, -0.15) is 0 Å². The Bertz CT molecular complexity index is 1120. The van der Waals surface area contributed by atoms with Crippen LogP contribution in [0.3, 0.4) is 0 Å². The summed E-state index contributed by atoms with van der Waals surface area (Å²) < 4.78 is 7.02. The highest BCUT2D eigenvalue weighted by atomic mass is 35.5. The van der Waals surface area contributed by atoms with Crippen LogP contribution < -0.4 is 10.1 Å². The number of aromatic nitrogens is 3. The van der Waals surface area contributed by atoms with Gasteiger partial charge < -0.3 is 20.1 Å². The van der Waals surface area contributed by atoms with E-state index in [2.05, 4.69) is 20.3 Å². The number of aromatic amines is 1. The Kier molecular flexibility index (Phi) is 6.72. The van der Waals surface area contributed by atoms with Gasteiger partial charge in [-0.15, -0.1) is 0 Å². The van der Waals surface area contributed by atoms with Gasteiger partial charge in [0.05, 0.1) is 21.3 Å². The predicted molar refractivity (Wildman–Crippen MR) is 124 cm³/mol. The third kappa shape index (κ3) is 4.86. The minimum absolute atomic E-state index is 0.0359. The molecule has 0 atom stereocenters. The van der Waals surface area contributed by atoms with Crippen LogP contribution in [0, 0.1) is 0 Å². The Labute approximate surface area is 184 Å². The number of nitrogens with one attached hydrogen (secondary N) is 2. The van der Waals surface area contributed by atoms with Crippen LogP contribution in [-0.2, 0) is 6.61 Å². The molecular weight excluding hydrogens is 420 g/mol. The van der Waals surface area contributed by atoms with Gasteiger partial charge >= 0.3 is 0 Å². The van der Waals surface area contributed by atoms with Gasteiger partial charge in [0.15, 0.2) is 5.13 Å². The molecule has 4 aromatic rings. The number of thiazole rings is 1. The molecule has 30 heavy (non-hydrogen) atoms. The second kappa shape index (κ2) is 9.64. The Morgan fingerprint density at radius 2 is 2.10 bits per heavy atom. The van der Waals surface area contributed by atoms with E-state index >= 15 is 0 Å². The number of anilines is 1. The number of hydrogen-bond donors (Lipinski definition) is 3. The molecule has 0 spiro atoms. The lowest BCUT2D eigenvalue weighted by Crippen LogP contribution is -2.09. The molecule has 5 rings (SSSR count). The summed E-state index contributed by atoms with van der Waals surface area (Å²) in [4.78, 5) is 11.8. The van der Waals surface area contributed by atoms with Gasteiger partial charge in [-0.05, 0) is 37.1 Å². The summed E-state index contributed by atoms with van der Waals surface area (Å²) in [6.07, 6.45) is 9.42. The predicted octanol–water partition coefficient (Wildman–Crippen LogP) is 5.76. The molecule has 0 unspecified atom stereocenters. The summed E-state index contributed by atoms with van der Waals surface area (Å²) in [7, 11) is 1.87. The smallest absolute Gasteiger partial charge is 0.183 e. The SMILES string of the molecule is CNc1nc2ccc(OCc3ccnc4[nH]cc(Cl)c34)cc2s1.OC1CCCCC1. The standard InChI is InChI=1S/C16H13ClN4OS.C6H12O/c1-18-16-21-12-3-2-10(6-13(12)23-16)22-8-9-4-5-19-15-14(9)11(17)7-20-15;7-6-4-2-1-3-5-6/h2-7H,8H2,1H3,(H,18,21)(H,19,20);6-7H,1-5H2. The maximum absolute atomic E-state index is 8.91. The van der Waals surface area contributed by atoms with E-state index in [0.717, 1.165) is 50.5 Å². The quantitative estimate of drug-likeness (QED) is 0.372. The van der Waals surface area contributed by atoms with Crippen molar-refractivity contribution < 1.29 is 9.84 Å². The van der Waals surface area contributed by atoms with Crippen LogP contribution in [0.2, 0.25) is 5.02 Å². The summed E-state index contributed by atoms with van der Waals surface area (Å²) in [6.45, 7) is 0.430. The number of nitrogens with zero attached hydrogens (tertiary/aromatic N) is 2. The van der Waals surface area contributed by atoms with Gasteiger partial charge in [0, 0.05) is 30.4 Å². The van der Waals surface area contributed by atoms with Gasteiger partial charge in [0.2, 0.25) is 0 Å². The molecule has 8 heteroatoms. The zero-order chi connectivity index (χ0) is 20.9. The summed E-state index contributed by atoms with van der Waals surface area (Å²) in [6, 6.07) is 7.82. The zero-order valence-corrected chi connectivity index (χ0v) is 18.4. The molecule has 3 aromatic heterocycles. The largest absolute Gasteiger partial charge is 0.489 e. The number of benzene rings is 1. The molecule has 0 amide bonds. The minimum atomic E-state index is 0.0359. The van der Waals surface area contributed by atoms with E-state index in [1.54, 1.807) is 23.7 Å². The molecule has 1 saturated carbocycles. The summed E-state index contributed by atoms with van der Waals surface area (Å²) in [5.74, 6) is 0.806. The molecule has 0 radical (unpaired) electrons. The number of ether oxygens (including phenoxy) is 1. The van der Waals surface area contributed by atoms with E-state index in [0.29, 0.717) is 11.6 Å². The number of H-pyrrole nitrogens is 1. The van der Waals surface area contributed by atoms with Gasteiger partial charge in [0.25, 0.3) is 0 Å². The Morgan fingerprint density at radius 3 is 2.83 bits per heavy atom. The maximum atomic E-state index is 8.91. The van der Waals surface area contributed by atoms with Crippen molar-refractivity contribution in [1.29, 1.82) is 0 Å². The highest BCUT2D eigenvalue weighted by Gasteiger charge is 2.10. The normalized spacial score (nSPS) is 14.5. The van der Waals surface area contributed by atoms with E-state index in [1.807, 2.05) is 31.3 Å². The number of pyridine rings is 1. The summed E-state index contributed by atoms with van der Waals surface area (Å²) >= 11 is 7.82. The van der Waals surface area contributed by atoms with E-state index in [-0.39, 0.29) is 6.10 Å². The monoisotopic (exact) mass is 444 g/mol. The van der Waals surface area contributed by atoms with E-state index < -0.39 is 0 Å². The van der Waals surface area contributed by atoms with Crippen LogP contribution in [0.1, 0.15) is 37.7 Å². The number of rotatable bonds is 4. The van der Waals surface area contributed by atoms with Crippen molar-refractivity contribution in [2.45, 2.75) is 44.8 Å². The Morgan fingerprint density at radius 1 is 1.27 bits per heavy atom. The number of aliphatic hydroxyl groups is 1. The second-order valence-electron chi connectivity index (χ2n) is 7.31. The van der Waals surface area contributed by atoms with E-state index in [9.17, 15) is 0 Å². The molecule has 0 aliphatic heterocycles. The first kappa shape index (κ1) is 20.9. The molecule has 1 aliphatic rings. The molecule has 6 nitrogen and oxygen atoms in total. The fraction of sp³-hybridized carbons (Fsp3) is 0.364. The highest BCUT2D eigenvalue weighted by Crippen LogP contribution is 2.30. The Hall–Kier alpha value is -2.35. The highest BCUT2D eigenvalue weighted by molar-refractivity contribution is 7.22. The molecule has 0 saturated heterocycles. The molecule has 158 valence electrons. The number of fused-ring (bicyclic) bond motifs is 2. The molecule has 3 heterocycles. The maximum Gasteiger partial charge on any atom is 0.183 e. The van der Waals surface area contributed by atoms with Crippen molar-refractivity contribution in [2.75, 3.05) is 12.4 Å². The van der Waals surface area contributed by atoms with Crippen LogP contribution >= 0.6 is 22.9 Å². The second-order valence-corrected chi connectivity index (χ2v) is 8.75. The van der Waals surface area contributed by atoms with Crippen LogP contribution in [0.4, 0.5) is 5.13 Å². The molecule has 1 fully saturated rings. The average Bonchev–Trinajstić information content (AvgIpc) is 3.36. The number of aliphatic hydroxyl groups excluding tert-OH is 1. The van der Waals surface area contributed by atoms with Crippen LogP contribution in [0.25, 0.3) is 21.3 Å². The summed E-state index contributed by atoms with van der Waals surface area (Å²) in [5, 5.41) is 14.4. The van der Waals surface area contributed by atoms with Crippen LogP contribution in [0.15, 0.2) is 36.7 Å². The first-order valence-electron chi connectivity index (χ1n) is 10.1. The molecule has 0 bridgehead atoms. The number of hydrogen-bond acceptors (Lipinski definition) is 6. The minimum Gasteiger partial charge on any atom is -0.489 e. The van der Waals surface area contributed by atoms with E-state index in [1.165, 1.54) is 19.3 Å². The topological polar surface area (TPSA) is 83.1 Å². The van der Waals surface area contributed by atoms with Crippen molar-refractivity contribution in [3.63, 3.8) is 0 Å². The molecule has 3 N–H and O–H groups in total. The first-order chi connectivity index (χ1) is 14.6. The van der Waals surface area contributed by atoms with Crippen molar-refractivity contribution in [1.82, 2.24) is 15.0 Å². The lowest BCUT2D eigenvalue weighted by Gasteiger charge is -2.14. The van der Waals surface area contributed by atoms with Crippen LogP contribution in [-0.4, -0.2) is 33.2 Å². The van der Waals surface area contributed by atoms with Gasteiger partial charge in [-0.25, -0.2) is 9.97 Å². The lowest BCUT2D eigenvalue weighted by molar-refractivity contribution is 0.130. The van der Waals surface area contributed by atoms with Gasteiger partial charge in [0.1, 0.15) is 18.0 Å². The molecule has 1 aliphatic carbocycles. The number of halogens is 1. The van der Waals surface area contributed by atoms with Gasteiger partial charge in [-0.1, -0.05) is 42.2 Å². The summed E-state index contributed by atoms with van der Waals surface area (Å²) in [5.41, 5.74) is 2.74. The fourth-order valence-electron chi connectivity index (χ4n) is 3.55. The fourth-order valence-corrected chi connectivity index (χ4v) is 4.66. The van der Waals surface area contributed by atoms with Crippen molar-refractivity contribution in [3.8, 4) is 5.75 Å². The van der Waals surface area contributed by atoms with Crippen molar-refractivity contribution in [2.24, 2.45) is 0 Å². The Balaban J connectivity index is 0.000000265. The molecule has 1 aromatic carbocycles. The first-order valence-corrected chi connectivity index (χ1v) is 11.3. The van der Waals surface area contributed by atoms with Crippen molar-refractivity contribution >= 4 is 49.3 Å². The zero-order valence-electron chi connectivity index (χ0n) is 16.8. The molecular formula is C22H25ClN4O2S. The van der Waals surface area contributed by atoms with E-state index in [4.69, 9.17) is 21.4 Å². The third-order valence-corrected chi connectivity index (χ3v) is 6.49. The van der Waals surface area contributed by atoms with Crippen LogP contribution in [0.5, 0.6) is 5.75 Å². The van der Waals surface area contributed by atoms with Crippen molar-refractivity contribution in [3.05, 3.63) is 47.2 Å². The van der Waals surface area contributed by atoms with Gasteiger partial charge in [-0.3, -0.25) is 0 Å².